The molecular weight excluding hydrogens is 278 g/mol. The number of amides is 1. The molecule has 1 aromatic rings. The highest BCUT2D eigenvalue weighted by atomic mass is 16.6. The molecule has 1 aromatic carbocycles. The molecule has 0 aliphatic heterocycles. The van der Waals surface area contributed by atoms with Gasteiger partial charge in [-0.25, -0.2) is 4.79 Å². The number of anilines is 1. The van der Waals surface area contributed by atoms with Gasteiger partial charge in [-0.15, -0.1) is 0 Å². The SMILES string of the molecule is CNC(=O)/C(=C/C(=O)OC)Nc1cc([N+](=O)[O-])ccc1C. The molecule has 2 N–H and O–H groups in total. The van der Waals surface area contributed by atoms with Gasteiger partial charge in [0.05, 0.1) is 18.1 Å². The molecule has 1 rings (SSSR count). The summed E-state index contributed by atoms with van der Waals surface area (Å²) >= 11 is 0. The van der Waals surface area contributed by atoms with Crippen LogP contribution in [-0.4, -0.2) is 31.0 Å². The predicted octanol–water partition coefficient (Wildman–Crippen LogP) is 1.12. The topological polar surface area (TPSA) is 111 Å². The van der Waals surface area contributed by atoms with E-state index in [9.17, 15) is 19.7 Å². The van der Waals surface area contributed by atoms with Gasteiger partial charge in [-0.05, 0) is 12.5 Å². The maximum atomic E-state index is 11.7. The van der Waals surface area contributed by atoms with Gasteiger partial charge in [-0.2, -0.15) is 0 Å². The van der Waals surface area contributed by atoms with Crippen LogP contribution >= 0.6 is 0 Å². The van der Waals surface area contributed by atoms with Gasteiger partial charge in [0.15, 0.2) is 0 Å². The third-order valence-corrected chi connectivity index (χ3v) is 2.64. The Morgan fingerprint density at radius 1 is 1.38 bits per heavy atom. The molecule has 0 unspecified atom stereocenters. The second-order valence-corrected chi connectivity index (χ2v) is 4.04. The Morgan fingerprint density at radius 2 is 2.05 bits per heavy atom. The van der Waals surface area contributed by atoms with E-state index in [-0.39, 0.29) is 11.4 Å². The number of carbonyl (C=O) groups excluding carboxylic acids is 2. The van der Waals surface area contributed by atoms with E-state index in [0.29, 0.717) is 11.3 Å². The zero-order valence-electron chi connectivity index (χ0n) is 11.8. The predicted molar refractivity (Wildman–Crippen MR) is 75.6 cm³/mol. The Labute approximate surface area is 120 Å². The number of nitrogens with zero attached hydrogens (tertiary/aromatic N) is 1. The minimum atomic E-state index is -0.718. The van der Waals surface area contributed by atoms with Gasteiger partial charge in [-0.3, -0.25) is 14.9 Å². The number of hydrogen-bond donors (Lipinski definition) is 2. The Kier molecular flexibility index (Phi) is 5.41. The molecule has 112 valence electrons. The molecule has 0 aliphatic carbocycles. The molecular formula is C13H15N3O5. The average molecular weight is 293 g/mol. The average Bonchev–Trinajstić information content (AvgIpc) is 2.47. The van der Waals surface area contributed by atoms with Crippen molar-refractivity contribution in [3.05, 3.63) is 45.6 Å². The number of ether oxygens (including phenoxy) is 1. The number of non-ortho nitro benzene ring substituents is 1. The smallest absolute Gasteiger partial charge is 0.332 e. The minimum absolute atomic E-state index is 0.0760. The van der Waals surface area contributed by atoms with Crippen LogP contribution in [-0.2, 0) is 14.3 Å². The number of benzene rings is 1. The normalized spacial score (nSPS) is 10.7. The molecule has 0 atom stereocenters. The van der Waals surface area contributed by atoms with E-state index in [4.69, 9.17) is 0 Å². The van der Waals surface area contributed by atoms with Crippen LogP contribution in [0.25, 0.3) is 0 Å². The molecule has 21 heavy (non-hydrogen) atoms. The molecule has 0 radical (unpaired) electrons. The highest BCUT2D eigenvalue weighted by Gasteiger charge is 2.14. The number of nitro benzene ring substituents is 1. The number of rotatable bonds is 5. The number of likely N-dealkylation sites (N-methyl/N-ethyl adjacent to an activating group) is 1. The quantitative estimate of drug-likeness (QED) is 0.364. The van der Waals surface area contributed by atoms with E-state index in [0.717, 1.165) is 6.08 Å². The van der Waals surface area contributed by atoms with Gasteiger partial charge in [-0.1, -0.05) is 6.07 Å². The minimum Gasteiger partial charge on any atom is -0.466 e. The summed E-state index contributed by atoms with van der Waals surface area (Å²) in [6.07, 6.45) is 0.969. The summed E-state index contributed by atoms with van der Waals surface area (Å²) in [6.45, 7) is 1.71. The van der Waals surface area contributed by atoms with Crippen LogP contribution in [0.2, 0.25) is 0 Å². The van der Waals surface area contributed by atoms with Crippen molar-refractivity contribution in [1.29, 1.82) is 0 Å². The number of hydrogen-bond acceptors (Lipinski definition) is 6. The summed E-state index contributed by atoms with van der Waals surface area (Å²) < 4.78 is 4.46. The van der Waals surface area contributed by atoms with Crippen LogP contribution in [0, 0.1) is 17.0 Å². The highest BCUT2D eigenvalue weighted by Crippen LogP contribution is 2.23. The lowest BCUT2D eigenvalue weighted by Crippen LogP contribution is -2.25. The molecule has 8 nitrogen and oxygen atoms in total. The molecule has 0 fully saturated rings. The first kappa shape index (κ1) is 16.2. The molecule has 1 amide bonds. The summed E-state index contributed by atoms with van der Waals surface area (Å²) in [7, 11) is 2.58. The summed E-state index contributed by atoms with van der Waals surface area (Å²) in [5.41, 5.74) is 0.827. The fourth-order valence-corrected chi connectivity index (χ4v) is 1.47. The first-order chi connectivity index (χ1) is 9.88. The van der Waals surface area contributed by atoms with E-state index in [1.165, 1.54) is 26.3 Å². The van der Waals surface area contributed by atoms with Crippen LogP contribution < -0.4 is 10.6 Å². The Morgan fingerprint density at radius 3 is 2.57 bits per heavy atom. The van der Waals surface area contributed by atoms with Gasteiger partial charge in [0.25, 0.3) is 11.6 Å². The lowest BCUT2D eigenvalue weighted by Gasteiger charge is -2.11. The van der Waals surface area contributed by atoms with Crippen LogP contribution in [0.5, 0.6) is 0 Å². The van der Waals surface area contributed by atoms with Crippen molar-refractivity contribution in [2.45, 2.75) is 6.92 Å². The molecule has 0 spiro atoms. The standard InChI is InChI=1S/C13H15N3O5/c1-8-4-5-9(16(19)20)6-10(8)15-11(13(18)14-2)7-12(17)21-3/h4-7,15H,1-3H3,(H,14,18)/b11-7-. The zero-order valence-corrected chi connectivity index (χ0v) is 11.8. The fraction of sp³-hybridized carbons (Fsp3) is 0.231. The van der Waals surface area contributed by atoms with Crippen molar-refractivity contribution in [3.63, 3.8) is 0 Å². The molecule has 0 heterocycles. The van der Waals surface area contributed by atoms with E-state index in [2.05, 4.69) is 15.4 Å². The molecule has 0 saturated carbocycles. The van der Waals surface area contributed by atoms with Crippen LogP contribution in [0.1, 0.15) is 5.56 Å². The van der Waals surface area contributed by atoms with Crippen molar-refractivity contribution < 1.29 is 19.2 Å². The first-order valence-corrected chi connectivity index (χ1v) is 5.92. The maximum absolute atomic E-state index is 11.7. The maximum Gasteiger partial charge on any atom is 0.332 e. The van der Waals surface area contributed by atoms with E-state index in [1.807, 2.05) is 0 Å². The monoisotopic (exact) mass is 293 g/mol. The second kappa shape index (κ2) is 7.04. The second-order valence-electron chi connectivity index (χ2n) is 4.04. The van der Waals surface area contributed by atoms with E-state index >= 15 is 0 Å². The van der Waals surface area contributed by atoms with E-state index < -0.39 is 16.8 Å². The number of methoxy groups -OCH3 is 1. The number of nitro groups is 1. The van der Waals surface area contributed by atoms with Gasteiger partial charge in [0.1, 0.15) is 5.70 Å². The summed E-state index contributed by atoms with van der Waals surface area (Å²) in [5.74, 6) is -1.27. The third-order valence-electron chi connectivity index (χ3n) is 2.64. The first-order valence-electron chi connectivity index (χ1n) is 5.92. The Hall–Kier alpha value is -2.90. The lowest BCUT2D eigenvalue weighted by atomic mass is 10.1. The Balaban J connectivity index is 3.17. The van der Waals surface area contributed by atoms with Crippen molar-refractivity contribution >= 4 is 23.3 Å². The highest BCUT2D eigenvalue weighted by molar-refractivity contribution is 6.01. The molecule has 0 aliphatic rings. The van der Waals surface area contributed by atoms with Gasteiger partial charge in [0.2, 0.25) is 0 Å². The van der Waals surface area contributed by atoms with Crippen LogP contribution in [0.4, 0.5) is 11.4 Å². The van der Waals surface area contributed by atoms with Gasteiger partial charge >= 0.3 is 5.97 Å². The van der Waals surface area contributed by atoms with Gasteiger partial charge < -0.3 is 15.4 Å². The summed E-state index contributed by atoms with van der Waals surface area (Å²) in [4.78, 5) is 33.2. The summed E-state index contributed by atoms with van der Waals surface area (Å²) in [5, 5.41) is 15.8. The largest absolute Gasteiger partial charge is 0.466 e. The number of nitrogens with one attached hydrogen (secondary N) is 2. The van der Waals surface area contributed by atoms with Crippen LogP contribution in [0.15, 0.2) is 30.0 Å². The molecule has 0 saturated heterocycles. The molecule has 8 heteroatoms. The zero-order chi connectivity index (χ0) is 16.0. The van der Waals surface area contributed by atoms with Crippen LogP contribution in [0.3, 0.4) is 0 Å². The van der Waals surface area contributed by atoms with Crippen molar-refractivity contribution in [1.82, 2.24) is 5.32 Å². The van der Waals surface area contributed by atoms with Crippen molar-refractivity contribution in [2.75, 3.05) is 19.5 Å². The number of esters is 1. The third kappa shape index (κ3) is 4.30. The summed E-state index contributed by atoms with van der Waals surface area (Å²) in [6, 6.07) is 4.17. The van der Waals surface area contributed by atoms with Crippen molar-refractivity contribution in [2.24, 2.45) is 0 Å². The van der Waals surface area contributed by atoms with Gasteiger partial charge in [0, 0.05) is 24.9 Å². The molecule has 0 aromatic heterocycles. The number of carbonyl (C=O) groups is 2. The Bertz CT molecular complexity index is 610. The molecule has 0 bridgehead atoms. The van der Waals surface area contributed by atoms with E-state index in [1.54, 1.807) is 13.0 Å². The lowest BCUT2D eigenvalue weighted by molar-refractivity contribution is -0.384. The fourth-order valence-electron chi connectivity index (χ4n) is 1.47. The van der Waals surface area contributed by atoms with Crippen molar-refractivity contribution in [3.8, 4) is 0 Å². The number of aryl methyl sites for hydroxylation is 1.